The van der Waals surface area contributed by atoms with Crippen LogP contribution in [0, 0.1) is 10.1 Å². The van der Waals surface area contributed by atoms with Crippen molar-refractivity contribution in [2.45, 2.75) is 13.0 Å². The minimum absolute atomic E-state index is 0.164. The highest BCUT2D eigenvalue weighted by molar-refractivity contribution is 7.90. The molecule has 28 heavy (non-hydrogen) atoms. The van der Waals surface area contributed by atoms with Crippen LogP contribution in [-0.2, 0) is 9.84 Å². The molecule has 0 radical (unpaired) electrons. The number of nitro benzene ring substituents is 1. The molecule has 0 aliphatic carbocycles. The van der Waals surface area contributed by atoms with Gasteiger partial charge in [-0.1, -0.05) is 17.7 Å². The molecule has 2 rings (SSSR count). The maximum Gasteiger partial charge on any atom is 0.293 e. The third kappa shape index (κ3) is 5.74. The van der Waals surface area contributed by atoms with Crippen molar-refractivity contribution in [3.63, 3.8) is 0 Å². The van der Waals surface area contributed by atoms with Crippen molar-refractivity contribution in [2.75, 3.05) is 31.0 Å². The van der Waals surface area contributed by atoms with Gasteiger partial charge < -0.3 is 14.8 Å². The minimum Gasteiger partial charge on any atom is -0.493 e. The van der Waals surface area contributed by atoms with Crippen molar-refractivity contribution in [3.8, 4) is 11.5 Å². The second kappa shape index (κ2) is 9.11. The van der Waals surface area contributed by atoms with Crippen LogP contribution in [0.4, 0.5) is 11.4 Å². The van der Waals surface area contributed by atoms with E-state index in [-0.39, 0.29) is 22.2 Å². The van der Waals surface area contributed by atoms with E-state index in [1.807, 2.05) is 6.92 Å². The van der Waals surface area contributed by atoms with Crippen LogP contribution >= 0.6 is 11.6 Å². The number of ether oxygens (including phenoxy) is 2. The molecule has 0 aliphatic heterocycles. The smallest absolute Gasteiger partial charge is 0.293 e. The quantitative estimate of drug-likeness (QED) is 0.477. The Kier molecular flexibility index (Phi) is 7.09. The Morgan fingerprint density at radius 3 is 2.50 bits per heavy atom. The summed E-state index contributed by atoms with van der Waals surface area (Å²) in [4.78, 5) is 10.8. The average Bonchev–Trinajstić information content (AvgIpc) is 2.61. The van der Waals surface area contributed by atoms with Crippen LogP contribution < -0.4 is 14.8 Å². The van der Waals surface area contributed by atoms with Gasteiger partial charge in [0, 0.05) is 17.3 Å². The predicted molar refractivity (Wildman–Crippen MR) is 108 cm³/mol. The Morgan fingerprint density at radius 1 is 1.21 bits per heavy atom. The first-order valence-corrected chi connectivity index (χ1v) is 10.8. The Balaban J connectivity index is 2.50. The van der Waals surface area contributed by atoms with Crippen LogP contribution in [0.3, 0.4) is 0 Å². The van der Waals surface area contributed by atoms with Gasteiger partial charge in [-0.3, -0.25) is 10.1 Å². The van der Waals surface area contributed by atoms with Crippen molar-refractivity contribution < 1.29 is 22.8 Å². The van der Waals surface area contributed by atoms with Gasteiger partial charge in [0.05, 0.1) is 30.4 Å². The summed E-state index contributed by atoms with van der Waals surface area (Å²) in [6.07, 6.45) is 1.10. The second-order valence-corrected chi connectivity index (χ2v) is 8.67. The fraction of sp³-hybridized carbons (Fsp3) is 0.333. The summed E-state index contributed by atoms with van der Waals surface area (Å²) < 4.78 is 34.7. The van der Waals surface area contributed by atoms with Gasteiger partial charge in [-0.05, 0) is 36.8 Å². The molecule has 0 saturated carbocycles. The van der Waals surface area contributed by atoms with Gasteiger partial charge in [0.15, 0.2) is 11.5 Å². The lowest BCUT2D eigenvalue weighted by molar-refractivity contribution is -0.384. The Labute approximate surface area is 168 Å². The number of hydrogen-bond acceptors (Lipinski definition) is 7. The maximum atomic E-state index is 12.0. The van der Waals surface area contributed by atoms with E-state index in [0.29, 0.717) is 23.7 Å². The van der Waals surface area contributed by atoms with Crippen molar-refractivity contribution in [3.05, 3.63) is 57.1 Å². The van der Waals surface area contributed by atoms with Crippen molar-refractivity contribution >= 4 is 32.8 Å². The fourth-order valence-electron chi connectivity index (χ4n) is 2.67. The highest BCUT2D eigenvalue weighted by Gasteiger charge is 2.23. The molecule has 0 amide bonds. The molecule has 8 nitrogen and oxygen atoms in total. The van der Waals surface area contributed by atoms with Gasteiger partial charge in [-0.15, -0.1) is 0 Å². The number of sulfone groups is 1. The molecule has 0 spiro atoms. The van der Waals surface area contributed by atoms with Gasteiger partial charge in [-0.2, -0.15) is 0 Å². The number of hydrogen-bond donors (Lipinski definition) is 1. The van der Waals surface area contributed by atoms with Crippen LogP contribution in [0.5, 0.6) is 11.5 Å². The molecule has 1 atom stereocenters. The van der Waals surface area contributed by atoms with Crippen molar-refractivity contribution in [1.29, 1.82) is 0 Å². The van der Waals surface area contributed by atoms with E-state index in [2.05, 4.69) is 5.32 Å². The summed E-state index contributed by atoms with van der Waals surface area (Å²) in [5.41, 5.74) is 0.500. The number of benzene rings is 2. The van der Waals surface area contributed by atoms with E-state index in [4.69, 9.17) is 21.1 Å². The molecule has 0 bridgehead atoms. The van der Waals surface area contributed by atoms with Crippen LogP contribution in [0.25, 0.3) is 0 Å². The maximum absolute atomic E-state index is 12.0. The molecule has 0 saturated heterocycles. The lowest BCUT2D eigenvalue weighted by Crippen LogP contribution is -2.21. The van der Waals surface area contributed by atoms with Gasteiger partial charge in [0.1, 0.15) is 15.5 Å². The number of nitrogens with one attached hydrogen (secondary N) is 1. The van der Waals surface area contributed by atoms with E-state index in [1.165, 1.54) is 25.3 Å². The molecule has 0 unspecified atom stereocenters. The summed E-state index contributed by atoms with van der Waals surface area (Å²) in [6.45, 7) is 2.21. The largest absolute Gasteiger partial charge is 0.493 e. The normalized spacial score (nSPS) is 12.3. The lowest BCUT2D eigenvalue weighted by Gasteiger charge is -2.21. The first-order chi connectivity index (χ1) is 13.1. The first-order valence-electron chi connectivity index (χ1n) is 8.33. The van der Waals surface area contributed by atoms with E-state index in [9.17, 15) is 18.5 Å². The second-order valence-electron chi connectivity index (χ2n) is 6.05. The first kappa shape index (κ1) is 21.8. The number of nitrogens with zero attached hydrogens (tertiary/aromatic N) is 1. The summed E-state index contributed by atoms with van der Waals surface area (Å²) in [6, 6.07) is 8.41. The van der Waals surface area contributed by atoms with E-state index in [0.717, 1.165) is 6.26 Å². The van der Waals surface area contributed by atoms with Gasteiger partial charge >= 0.3 is 0 Å². The summed E-state index contributed by atoms with van der Waals surface area (Å²) in [7, 11) is -1.90. The molecule has 10 heteroatoms. The molecule has 1 N–H and O–H groups in total. The summed E-state index contributed by atoms with van der Waals surface area (Å²) in [5.74, 6) is 0.680. The molecule has 0 fully saturated rings. The Hall–Kier alpha value is -2.52. The average molecular weight is 429 g/mol. The standard InChI is InChI=1S/C18H21ClN2O6S/c1-4-27-18-9-12(5-8-17(18)26-2)15(11-28(3,24)25)20-14-7-6-13(19)10-16(14)21(22)23/h5-10,15,20H,4,11H2,1-3H3/t15-/m1/s1. The van der Waals surface area contributed by atoms with Crippen LogP contribution in [0.2, 0.25) is 5.02 Å². The third-order valence-corrected chi connectivity index (χ3v) is 5.02. The molecular formula is C18H21ClN2O6S. The molecule has 2 aromatic rings. The fourth-order valence-corrected chi connectivity index (χ4v) is 3.72. The molecule has 0 heterocycles. The zero-order valence-corrected chi connectivity index (χ0v) is 17.2. The Morgan fingerprint density at radius 2 is 1.93 bits per heavy atom. The molecule has 0 aliphatic rings. The monoisotopic (exact) mass is 428 g/mol. The number of anilines is 1. The highest BCUT2D eigenvalue weighted by atomic mass is 35.5. The van der Waals surface area contributed by atoms with E-state index in [1.54, 1.807) is 18.2 Å². The Bertz CT molecular complexity index is 965. The highest BCUT2D eigenvalue weighted by Crippen LogP contribution is 2.35. The lowest BCUT2D eigenvalue weighted by atomic mass is 10.1. The summed E-state index contributed by atoms with van der Waals surface area (Å²) >= 11 is 5.85. The van der Waals surface area contributed by atoms with Crippen molar-refractivity contribution in [1.82, 2.24) is 0 Å². The van der Waals surface area contributed by atoms with Gasteiger partial charge in [-0.25, -0.2) is 8.42 Å². The third-order valence-electron chi connectivity index (χ3n) is 3.85. The SMILES string of the molecule is CCOc1cc([C@@H](CS(C)(=O)=O)Nc2ccc(Cl)cc2[N+](=O)[O-])ccc1OC. The van der Waals surface area contributed by atoms with E-state index >= 15 is 0 Å². The summed E-state index contributed by atoms with van der Waals surface area (Å²) in [5, 5.41) is 14.5. The topological polar surface area (TPSA) is 108 Å². The van der Waals surface area contributed by atoms with Crippen LogP contribution in [-0.4, -0.2) is 39.1 Å². The minimum atomic E-state index is -3.40. The number of nitro groups is 1. The van der Waals surface area contributed by atoms with E-state index < -0.39 is 20.8 Å². The van der Waals surface area contributed by atoms with Crippen LogP contribution in [0.1, 0.15) is 18.5 Å². The number of halogens is 1. The molecule has 2 aromatic carbocycles. The molecular weight excluding hydrogens is 408 g/mol. The van der Waals surface area contributed by atoms with Gasteiger partial charge in [0.2, 0.25) is 0 Å². The molecule has 152 valence electrons. The zero-order chi connectivity index (χ0) is 20.9. The van der Waals surface area contributed by atoms with Gasteiger partial charge in [0.25, 0.3) is 5.69 Å². The number of rotatable bonds is 9. The van der Waals surface area contributed by atoms with Crippen molar-refractivity contribution in [2.24, 2.45) is 0 Å². The number of methoxy groups -OCH3 is 1. The predicted octanol–water partition coefficient (Wildman–Crippen LogP) is 3.85. The van der Waals surface area contributed by atoms with Crippen LogP contribution in [0.15, 0.2) is 36.4 Å². The zero-order valence-electron chi connectivity index (χ0n) is 15.6. The molecule has 0 aromatic heterocycles.